The Kier molecular flexibility index (Phi) is 3.13. The van der Waals surface area contributed by atoms with Crippen molar-refractivity contribution in [2.75, 3.05) is 20.1 Å². The Bertz CT molecular complexity index is 181. The molecule has 4 unspecified atom stereocenters. The van der Waals surface area contributed by atoms with Gasteiger partial charge in [-0.1, -0.05) is 6.42 Å². The van der Waals surface area contributed by atoms with Crippen molar-refractivity contribution in [2.45, 2.75) is 45.2 Å². The van der Waals surface area contributed by atoms with Gasteiger partial charge in [0.1, 0.15) is 0 Å². The van der Waals surface area contributed by atoms with E-state index in [0.29, 0.717) is 12.1 Å². The minimum atomic E-state index is 0.619. The van der Waals surface area contributed by atoms with Crippen molar-refractivity contribution < 1.29 is 0 Å². The van der Waals surface area contributed by atoms with Crippen molar-refractivity contribution in [2.24, 2.45) is 11.8 Å². The molecule has 2 fully saturated rings. The summed E-state index contributed by atoms with van der Waals surface area (Å²) in [5, 5.41) is 3.37. The van der Waals surface area contributed by atoms with Gasteiger partial charge < -0.3 is 5.32 Å². The van der Waals surface area contributed by atoms with Crippen LogP contribution in [0.25, 0.3) is 0 Å². The maximum absolute atomic E-state index is 3.37. The van der Waals surface area contributed by atoms with Gasteiger partial charge in [-0.3, -0.25) is 4.90 Å². The van der Waals surface area contributed by atoms with Gasteiger partial charge in [-0.25, -0.2) is 0 Å². The Morgan fingerprint density at radius 2 is 1.71 bits per heavy atom. The Morgan fingerprint density at radius 1 is 1.14 bits per heavy atom. The third-order valence-corrected chi connectivity index (χ3v) is 4.51. The lowest BCUT2D eigenvalue weighted by Crippen LogP contribution is -2.45. The summed E-state index contributed by atoms with van der Waals surface area (Å²) >= 11 is 0. The van der Waals surface area contributed by atoms with Gasteiger partial charge in [-0.15, -0.1) is 0 Å². The number of hydrogen-bond donors (Lipinski definition) is 1. The van der Waals surface area contributed by atoms with Crippen LogP contribution in [0, 0.1) is 11.8 Å². The standard InChI is InChI=1S/C12H24N2/c1-9(13-3)10(2)14-7-11-5-4-6-12(11)8-14/h9-13H,4-8H2,1-3H3. The molecule has 1 aliphatic heterocycles. The number of hydrogen-bond acceptors (Lipinski definition) is 2. The molecule has 2 heteroatoms. The van der Waals surface area contributed by atoms with E-state index in [2.05, 4.69) is 31.1 Å². The second kappa shape index (κ2) is 4.19. The average molecular weight is 196 g/mol. The van der Waals surface area contributed by atoms with Crippen molar-refractivity contribution >= 4 is 0 Å². The van der Waals surface area contributed by atoms with Crippen molar-refractivity contribution in [3.05, 3.63) is 0 Å². The molecular formula is C12H24N2. The summed E-state index contributed by atoms with van der Waals surface area (Å²) in [6.07, 6.45) is 4.46. The van der Waals surface area contributed by atoms with E-state index >= 15 is 0 Å². The third-order valence-electron chi connectivity index (χ3n) is 4.51. The number of likely N-dealkylation sites (tertiary alicyclic amines) is 1. The molecule has 4 atom stereocenters. The summed E-state index contributed by atoms with van der Waals surface area (Å²) < 4.78 is 0. The van der Waals surface area contributed by atoms with E-state index in [0.717, 1.165) is 11.8 Å². The highest BCUT2D eigenvalue weighted by Gasteiger charge is 2.38. The number of rotatable bonds is 3. The predicted molar refractivity (Wildman–Crippen MR) is 60.4 cm³/mol. The van der Waals surface area contributed by atoms with Crippen molar-refractivity contribution in [1.82, 2.24) is 10.2 Å². The molecule has 0 bridgehead atoms. The molecule has 1 saturated heterocycles. The second-order valence-corrected chi connectivity index (χ2v) is 5.22. The first kappa shape index (κ1) is 10.4. The molecule has 1 heterocycles. The summed E-state index contributed by atoms with van der Waals surface area (Å²) in [5.74, 6) is 2.06. The number of nitrogens with one attached hydrogen (secondary N) is 1. The average Bonchev–Trinajstić information content (AvgIpc) is 2.74. The topological polar surface area (TPSA) is 15.3 Å². The Morgan fingerprint density at radius 3 is 2.21 bits per heavy atom. The smallest absolute Gasteiger partial charge is 0.0218 e. The van der Waals surface area contributed by atoms with Crippen LogP contribution in [0.2, 0.25) is 0 Å². The van der Waals surface area contributed by atoms with Crippen LogP contribution >= 0.6 is 0 Å². The molecule has 1 N–H and O–H groups in total. The van der Waals surface area contributed by atoms with E-state index in [1.54, 1.807) is 0 Å². The van der Waals surface area contributed by atoms with E-state index in [4.69, 9.17) is 0 Å². The van der Waals surface area contributed by atoms with Crippen LogP contribution in [0.1, 0.15) is 33.1 Å². The second-order valence-electron chi connectivity index (χ2n) is 5.22. The zero-order valence-electron chi connectivity index (χ0n) is 9.79. The van der Waals surface area contributed by atoms with Crippen LogP contribution in [0.3, 0.4) is 0 Å². The molecule has 0 aromatic heterocycles. The fourth-order valence-electron chi connectivity index (χ4n) is 3.16. The van der Waals surface area contributed by atoms with Gasteiger partial charge in [0.25, 0.3) is 0 Å². The van der Waals surface area contributed by atoms with E-state index in [1.807, 2.05) is 0 Å². The monoisotopic (exact) mass is 196 g/mol. The zero-order chi connectivity index (χ0) is 10.1. The first-order valence-corrected chi connectivity index (χ1v) is 6.13. The first-order chi connectivity index (χ1) is 6.72. The summed E-state index contributed by atoms with van der Waals surface area (Å²) in [5.41, 5.74) is 0. The highest BCUT2D eigenvalue weighted by molar-refractivity contribution is 4.92. The third kappa shape index (κ3) is 1.82. The molecule has 82 valence electrons. The Balaban J connectivity index is 1.89. The maximum atomic E-state index is 3.37. The summed E-state index contributed by atoms with van der Waals surface area (Å²) in [6, 6.07) is 1.32. The van der Waals surface area contributed by atoms with Crippen LogP contribution in [0.4, 0.5) is 0 Å². The first-order valence-electron chi connectivity index (χ1n) is 6.13. The quantitative estimate of drug-likeness (QED) is 0.739. The predicted octanol–water partition coefficient (Wildman–Crippen LogP) is 1.71. The molecule has 2 rings (SSSR count). The summed E-state index contributed by atoms with van der Waals surface area (Å²) in [6.45, 7) is 7.37. The number of fused-ring (bicyclic) bond motifs is 1. The lowest BCUT2D eigenvalue weighted by Gasteiger charge is -2.30. The molecule has 0 radical (unpaired) electrons. The molecular weight excluding hydrogens is 172 g/mol. The molecule has 2 aliphatic rings. The SMILES string of the molecule is CNC(C)C(C)N1CC2CCCC2C1. The molecule has 0 aromatic rings. The lowest BCUT2D eigenvalue weighted by atomic mass is 10.0. The van der Waals surface area contributed by atoms with Crippen LogP contribution in [0.15, 0.2) is 0 Å². The van der Waals surface area contributed by atoms with Gasteiger partial charge >= 0.3 is 0 Å². The molecule has 0 amide bonds. The van der Waals surface area contributed by atoms with Gasteiger partial charge in [0.2, 0.25) is 0 Å². The van der Waals surface area contributed by atoms with Crippen molar-refractivity contribution in [1.29, 1.82) is 0 Å². The van der Waals surface area contributed by atoms with E-state index in [-0.39, 0.29) is 0 Å². The highest BCUT2D eigenvalue weighted by atomic mass is 15.2. The molecule has 2 nitrogen and oxygen atoms in total. The van der Waals surface area contributed by atoms with Crippen LogP contribution in [0.5, 0.6) is 0 Å². The van der Waals surface area contributed by atoms with Gasteiger partial charge in [-0.05, 0) is 45.6 Å². The van der Waals surface area contributed by atoms with Gasteiger partial charge in [0, 0.05) is 25.2 Å². The lowest BCUT2D eigenvalue weighted by molar-refractivity contribution is 0.203. The van der Waals surface area contributed by atoms with Gasteiger partial charge in [-0.2, -0.15) is 0 Å². The van der Waals surface area contributed by atoms with Gasteiger partial charge in [0.15, 0.2) is 0 Å². The molecule has 0 spiro atoms. The maximum Gasteiger partial charge on any atom is 0.0218 e. The Hall–Kier alpha value is -0.0800. The van der Waals surface area contributed by atoms with Crippen LogP contribution in [-0.2, 0) is 0 Å². The van der Waals surface area contributed by atoms with Crippen molar-refractivity contribution in [3.8, 4) is 0 Å². The summed E-state index contributed by atoms with van der Waals surface area (Å²) in [7, 11) is 2.07. The molecule has 1 saturated carbocycles. The zero-order valence-corrected chi connectivity index (χ0v) is 9.79. The van der Waals surface area contributed by atoms with Crippen molar-refractivity contribution in [3.63, 3.8) is 0 Å². The normalized spacial score (nSPS) is 37.1. The largest absolute Gasteiger partial charge is 0.316 e. The van der Waals surface area contributed by atoms with Crippen LogP contribution < -0.4 is 5.32 Å². The molecule has 14 heavy (non-hydrogen) atoms. The highest BCUT2D eigenvalue weighted by Crippen LogP contribution is 2.38. The fraction of sp³-hybridized carbons (Fsp3) is 1.00. The number of likely N-dealkylation sites (N-methyl/N-ethyl adjacent to an activating group) is 1. The van der Waals surface area contributed by atoms with E-state index < -0.39 is 0 Å². The molecule has 1 aliphatic carbocycles. The molecule has 0 aromatic carbocycles. The summed E-state index contributed by atoms with van der Waals surface area (Å²) in [4.78, 5) is 2.69. The van der Waals surface area contributed by atoms with Crippen LogP contribution in [-0.4, -0.2) is 37.1 Å². The minimum absolute atomic E-state index is 0.619. The number of nitrogens with zero attached hydrogens (tertiary/aromatic N) is 1. The minimum Gasteiger partial charge on any atom is -0.316 e. The van der Waals surface area contributed by atoms with E-state index in [9.17, 15) is 0 Å². The Labute approximate surface area is 88.1 Å². The van der Waals surface area contributed by atoms with E-state index in [1.165, 1.54) is 32.4 Å². The fourth-order valence-corrected chi connectivity index (χ4v) is 3.16. The van der Waals surface area contributed by atoms with Gasteiger partial charge in [0.05, 0.1) is 0 Å².